The second kappa shape index (κ2) is 11.1. The van der Waals surface area contributed by atoms with E-state index in [0.29, 0.717) is 46.5 Å². The number of nitrogens with one attached hydrogen (secondary N) is 2. The smallest absolute Gasteiger partial charge is 0.191 e. The van der Waals surface area contributed by atoms with Crippen LogP contribution in [0.3, 0.4) is 0 Å². The van der Waals surface area contributed by atoms with E-state index in [-0.39, 0.29) is 24.0 Å². The van der Waals surface area contributed by atoms with Crippen LogP contribution in [0, 0.1) is 12.3 Å². The molecule has 0 atom stereocenters. The largest absolute Gasteiger partial charge is 0.489 e. The molecule has 0 aromatic heterocycles. The van der Waals surface area contributed by atoms with E-state index in [1.165, 1.54) is 0 Å². The highest BCUT2D eigenvalue weighted by molar-refractivity contribution is 14.0. The summed E-state index contributed by atoms with van der Waals surface area (Å²) in [7, 11) is 1.65. The lowest BCUT2D eigenvalue weighted by Crippen LogP contribution is -2.39. The molecule has 0 aliphatic rings. The van der Waals surface area contributed by atoms with Crippen molar-refractivity contribution in [3.63, 3.8) is 0 Å². The van der Waals surface area contributed by atoms with Crippen LogP contribution in [0.5, 0.6) is 5.75 Å². The topological polar surface area (TPSA) is 45.7 Å². The SMILES string of the molecule is C#CCNC(=NC)NCCOc1c(Cl)cc(Cl)cc1Cl.I. The number of nitrogens with zero attached hydrogens (tertiary/aromatic N) is 1. The molecule has 0 bridgehead atoms. The first kappa shape index (κ1) is 20.5. The number of guanidine groups is 1. The third kappa shape index (κ3) is 7.32. The maximum absolute atomic E-state index is 6.00. The fourth-order valence-corrected chi connectivity index (χ4v) is 2.27. The van der Waals surface area contributed by atoms with Crippen LogP contribution in [0.15, 0.2) is 17.1 Å². The molecule has 8 heteroatoms. The van der Waals surface area contributed by atoms with Crippen molar-refractivity contribution >= 4 is 64.7 Å². The Labute approximate surface area is 156 Å². The van der Waals surface area contributed by atoms with E-state index in [1.807, 2.05) is 0 Å². The van der Waals surface area contributed by atoms with Crippen molar-refractivity contribution in [2.75, 3.05) is 26.7 Å². The molecule has 21 heavy (non-hydrogen) atoms. The molecule has 0 aliphatic heterocycles. The van der Waals surface area contributed by atoms with E-state index in [2.05, 4.69) is 21.5 Å². The van der Waals surface area contributed by atoms with Gasteiger partial charge in [0, 0.05) is 12.1 Å². The lowest BCUT2D eigenvalue weighted by molar-refractivity contribution is 0.322. The molecular weight excluding hydrogens is 447 g/mol. The highest BCUT2D eigenvalue weighted by Gasteiger charge is 2.08. The summed E-state index contributed by atoms with van der Waals surface area (Å²) in [5.74, 6) is 3.46. The van der Waals surface area contributed by atoms with E-state index in [0.717, 1.165) is 0 Å². The van der Waals surface area contributed by atoms with Gasteiger partial charge in [-0.05, 0) is 12.1 Å². The third-order valence-electron chi connectivity index (χ3n) is 2.19. The average molecular weight is 463 g/mol. The lowest BCUT2D eigenvalue weighted by atomic mass is 10.3. The van der Waals surface area contributed by atoms with Crippen molar-refractivity contribution in [2.24, 2.45) is 4.99 Å². The number of terminal acetylenes is 1. The highest BCUT2D eigenvalue weighted by Crippen LogP contribution is 2.35. The summed E-state index contributed by atoms with van der Waals surface area (Å²) in [6.45, 7) is 1.27. The van der Waals surface area contributed by atoms with Crippen LogP contribution in [-0.4, -0.2) is 32.7 Å². The molecule has 0 amide bonds. The van der Waals surface area contributed by atoms with E-state index in [4.69, 9.17) is 46.0 Å². The van der Waals surface area contributed by atoms with Crippen LogP contribution >= 0.6 is 58.8 Å². The Bertz CT molecular complexity index is 509. The van der Waals surface area contributed by atoms with Crippen LogP contribution < -0.4 is 15.4 Å². The van der Waals surface area contributed by atoms with Crippen molar-refractivity contribution < 1.29 is 4.74 Å². The first-order valence-corrected chi connectivity index (χ1v) is 6.87. The monoisotopic (exact) mass is 461 g/mol. The number of benzene rings is 1. The van der Waals surface area contributed by atoms with Gasteiger partial charge in [0.2, 0.25) is 0 Å². The fraction of sp³-hybridized carbons (Fsp3) is 0.308. The Morgan fingerprint density at radius 3 is 2.43 bits per heavy atom. The summed E-state index contributed by atoms with van der Waals surface area (Å²) >= 11 is 17.8. The summed E-state index contributed by atoms with van der Waals surface area (Å²) in [6, 6.07) is 3.15. The molecule has 0 heterocycles. The van der Waals surface area contributed by atoms with Gasteiger partial charge in [-0.3, -0.25) is 4.99 Å². The van der Waals surface area contributed by atoms with Gasteiger partial charge in [-0.15, -0.1) is 30.4 Å². The van der Waals surface area contributed by atoms with Gasteiger partial charge in [0.05, 0.1) is 23.1 Å². The second-order valence-electron chi connectivity index (χ2n) is 3.60. The molecular formula is C13H15Cl3IN3O. The highest BCUT2D eigenvalue weighted by atomic mass is 127. The molecule has 0 saturated carbocycles. The molecule has 1 rings (SSSR count). The standard InChI is InChI=1S/C13H14Cl3N3O.HI/c1-3-4-18-13(17-2)19-5-6-20-12-10(15)7-9(14)8-11(12)16;/h1,7-8H,4-6H2,2H3,(H2,17,18,19);1H. The number of hydrogen-bond donors (Lipinski definition) is 2. The first-order valence-electron chi connectivity index (χ1n) is 5.73. The predicted molar refractivity (Wildman–Crippen MR) is 101 cm³/mol. The van der Waals surface area contributed by atoms with Crippen LogP contribution in [0.1, 0.15) is 0 Å². The molecule has 1 aromatic rings. The Morgan fingerprint density at radius 1 is 1.29 bits per heavy atom. The van der Waals surface area contributed by atoms with Crippen molar-refractivity contribution in [3.8, 4) is 18.1 Å². The maximum Gasteiger partial charge on any atom is 0.191 e. The minimum atomic E-state index is 0. The molecule has 1 aromatic carbocycles. The Balaban J connectivity index is 0.00000400. The zero-order valence-corrected chi connectivity index (χ0v) is 15.8. The number of aliphatic imine (C=N–C) groups is 1. The molecule has 0 fully saturated rings. The van der Waals surface area contributed by atoms with Gasteiger partial charge in [0.25, 0.3) is 0 Å². The van der Waals surface area contributed by atoms with Gasteiger partial charge in [0.15, 0.2) is 11.7 Å². The summed E-state index contributed by atoms with van der Waals surface area (Å²) in [6.07, 6.45) is 5.15. The molecule has 0 spiro atoms. The molecule has 4 nitrogen and oxygen atoms in total. The Kier molecular flexibility index (Phi) is 10.8. The number of rotatable bonds is 5. The molecule has 2 N–H and O–H groups in total. The van der Waals surface area contributed by atoms with E-state index in [9.17, 15) is 0 Å². The van der Waals surface area contributed by atoms with E-state index >= 15 is 0 Å². The van der Waals surface area contributed by atoms with Crippen molar-refractivity contribution in [1.29, 1.82) is 0 Å². The summed E-state index contributed by atoms with van der Waals surface area (Å²) in [4.78, 5) is 3.99. The van der Waals surface area contributed by atoms with Crippen LogP contribution in [0.25, 0.3) is 0 Å². The predicted octanol–water partition coefficient (Wildman–Crippen LogP) is 3.44. The van der Waals surface area contributed by atoms with Crippen molar-refractivity contribution in [3.05, 3.63) is 27.2 Å². The second-order valence-corrected chi connectivity index (χ2v) is 4.85. The molecule has 0 radical (unpaired) electrons. The number of ether oxygens (including phenoxy) is 1. The third-order valence-corrected chi connectivity index (χ3v) is 2.97. The molecule has 0 saturated heterocycles. The van der Waals surface area contributed by atoms with Crippen LogP contribution in [-0.2, 0) is 0 Å². The van der Waals surface area contributed by atoms with Gasteiger partial charge < -0.3 is 15.4 Å². The van der Waals surface area contributed by atoms with Gasteiger partial charge in [0.1, 0.15) is 6.61 Å². The number of hydrogen-bond acceptors (Lipinski definition) is 2. The zero-order chi connectivity index (χ0) is 15.0. The maximum atomic E-state index is 6.00. The van der Waals surface area contributed by atoms with Crippen molar-refractivity contribution in [2.45, 2.75) is 0 Å². The minimum absolute atomic E-state index is 0. The molecule has 0 aliphatic carbocycles. The summed E-state index contributed by atoms with van der Waals surface area (Å²) in [5, 5.41) is 7.16. The Morgan fingerprint density at radius 2 is 1.90 bits per heavy atom. The van der Waals surface area contributed by atoms with Gasteiger partial charge in [-0.25, -0.2) is 0 Å². The van der Waals surface area contributed by atoms with E-state index < -0.39 is 0 Å². The van der Waals surface area contributed by atoms with Gasteiger partial charge in [-0.1, -0.05) is 40.7 Å². The van der Waals surface area contributed by atoms with E-state index in [1.54, 1.807) is 19.2 Å². The lowest BCUT2D eigenvalue weighted by Gasteiger charge is -2.12. The normalized spacial score (nSPS) is 10.3. The first-order chi connectivity index (χ1) is 9.58. The van der Waals surface area contributed by atoms with Crippen LogP contribution in [0.4, 0.5) is 0 Å². The van der Waals surface area contributed by atoms with Crippen molar-refractivity contribution in [1.82, 2.24) is 10.6 Å². The fourth-order valence-electron chi connectivity index (χ4n) is 1.34. The van der Waals surface area contributed by atoms with Gasteiger partial charge in [-0.2, -0.15) is 0 Å². The van der Waals surface area contributed by atoms with Crippen LogP contribution in [0.2, 0.25) is 15.1 Å². The summed E-state index contributed by atoms with van der Waals surface area (Å²) in [5.41, 5.74) is 0. The molecule has 0 unspecified atom stereocenters. The summed E-state index contributed by atoms with van der Waals surface area (Å²) < 4.78 is 5.51. The average Bonchev–Trinajstić information content (AvgIpc) is 2.40. The Hall–Kier alpha value is -0.550. The quantitative estimate of drug-likeness (QED) is 0.232. The zero-order valence-electron chi connectivity index (χ0n) is 11.3. The number of halogens is 4. The van der Waals surface area contributed by atoms with Gasteiger partial charge >= 0.3 is 0 Å². The minimum Gasteiger partial charge on any atom is -0.489 e. The molecule has 116 valence electrons.